The van der Waals surface area contributed by atoms with Crippen LogP contribution in [-0.2, 0) is 23.9 Å². The number of aryl methyl sites for hydroxylation is 1. The Kier molecular flexibility index (Phi) is 8.12. The largest absolute Gasteiger partial charge is 0.466 e. The van der Waals surface area contributed by atoms with Crippen LogP contribution in [0, 0.1) is 18.3 Å². The van der Waals surface area contributed by atoms with Gasteiger partial charge < -0.3 is 20.5 Å². The summed E-state index contributed by atoms with van der Waals surface area (Å²) < 4.78 is 10.1. The van der Waals surface area contributed by atoms with Crippen LogP contribution in [0.2, 0.25) is 0 Å². The normalized spacial score (nSPS) is 15.3. The fourth-order valence-corrected chi connectivity index (χ4v) is 4.14. The molecule has 0 aliphatic carbocycles. The van der Waals surface area contributed by atoms with Crippen molar-refractivity contribution in [1.29, 1.82) is 5.26 Å². The van der Waals surface area contributed by atoms with Crippen LogP contribution in [0.3, 0.4) is 0 Å². The molecule has 0 radical (unpaired) electrons. The molecule has 1 amide bonds. The summed E-state index contributed by atoms with van der Waals surface area (Å²) in [4.78, 5) is 40.2. The lowest BCUT2D eigenvalue weighted by atomic mass is 9.81. The van der Waals surface area contributed by atoms with Crippen molar-refractivity contribution in [1.82, 2.24) is 0 Å². The number of methoxy groups -OCH3 is 2. The van der Waals surface area contributed by atoms with Crippen LogP contribution in [0.15, 0.2) is 71.2 Å². The highest BCUT2D eigenvalue weighted by Crippen LogP contribution is 2.45. The van der Waals surface area contributed by atoms with Crippen molar-refractivity contribution in [3.05, 3.63) is 82.3 Å². The van der Waals surface area contributed by atoms with Gasteiger partial charge in [0.25, 0.3) is 0 Å². The summed E-state index contributed by atoms with van der Waals surface area (Å²) in [6.07, 6.45) is 0.918. The van der Waals surface area contributed by atoms with Crippen molar-refractivity contribution in [2.24, 2.45) is 5.73 Å². The zero-order valence-corrected chi connectivity index (χ0v) is 20.6. The summed E-state index contributed by atoms with van der Waals surface area (Å²) in [7, 11) is 2.37. The average molecular weight is 489 g/mol. The van der Waals surface area contributed by atoms with E-state index in [1.54, 1.807) is 48.5 Å². The van der Waals surface area contributed by atoms with E-state index in [0.717, 1.165) is 5.56 Å². The first-order chi connectivity index (χ1) is 17.3. The minimum atomic E-state index is -0.975. The Bertz CT molecular complexity index is 1290. The predicted octanol–water partition coefficient (Wildman–Crippen LogP) is 3.63. The number of anilines is 2. The Morgan fingerprint density at radius 1 is 1.08 bits per heavy atom. The van der Waals surface area contributed by atoms with Crippen LogP contribution in [0.4, 0.5) is 11.4 Å². The number of benzene rings is 2. The first-order valence-electron chi connectivity index (χ1n) is 11.3. The minimum absolute atomic E-state index is 0.0431. The Hall–Kier alpha value is -4.58. The van der Waals surface area contributed by atoms with Gasteiger partial charge in [-0.05, 0) is 36.6 Å². The maximum Gasteiger partial charge on any atom is 0.355 e. The van der Waals surface area contributed by atoms with E-state index in [2.05, 4.69) is 11.4 Å². The van der Waals surface area contributed by atoms with Gasteiger partial charge >= 0.3 is 11.9 Å². The van der Waals surface area contributed by atoms with Crippen molar-refractivity contribution in [2.75, 3.05) is 24.4 Å². The van der Waals surface area contributed by atoms with Gasteiger partial charge in [0.15, 0.2) is 0 Å². The molecule has 3 N–H and O–H groups in total. The molecule has 0 spiro atoms. The van der Waals surface area contributed by atoms with Crippen molar-refractivity contribution in [3.63, 3.8) is 0 Å². The SMILES string of the molecule is CCCC(=O)Nc1ccc(C)cc1N1C(N)=C(C#N)C(c2ccccc2)C(C(=O)OC)=C1C(=O)OC. The third-order valence-electron chi connectivity index (χ3n) is 5.76. The standard InChI is InChI=1S/C27H28N4O5/c1-5-9-21(32)30-19-13-12-16(2)14-20(19)31-24(27(34)36-4)23(26(33)35-3)22(18(15-28)25(31)29)17-10-7-6-8-11-17/h6-8,10-14,22H,5,9,29H2,1-4H3,(H,30,32). The summed E-state index contributed by atoms with van der Waals surface area (Å²) in [6, 6.07) is 16.0. The quantitative estimate of drug-likeness (QED) is 0.564. The third kappa shape index (κ3) is 4.93. The smallest absolute Gasteiger partial charge is 0.355 e. The molecule has 3 rings (SSSR count). The molecule has 1 heterocycles. The molecule has 2 aromatic rings. The molecule has 0 fully saturated rings. The molecular formula is C27H28N4O5. The molecule has 1 aliphatic rings. The fourth-order valence-electron chi connectivity index (χ4n) is 4.14. The summed E-state index contributed by atoms with van der Waals surface area (Å²) in [6.45, 7) is 3.70. The molecule has 0 saturated heterocycles. The first-order valence-corrected chi connectivity index (χ1v) is 11.3. The van der Waals surface area contributed by atoms with Gasteiger partial charge in [0.1, 0.15) is 11.5 Å². The highest BCUT2D eigenvalue weighted by atomic mass is 16.5. The van der Waals surface area contributed by atoms with Gasteiger partial charge in [0.2, 0.25) is 5.91 Å². The number of nitrogens with one attached hydrogen (secondary N) is 1. The van der Waals surface area contributed by atoms with Crippen LogP contribution in [0.1, 0.15) is 36.8 Å². The highest BCUT2D eigenvalue weighted by Gasteiger charge is 2.43. The van der Waals surface area contributed by atoms with E-state index in [1.165, 1.54) is 19.1 Å². The molecule has 1 unspecified atom stereocenters. The monoisotopic (exact) mass is 488 g/mol. The third-order valence-corrected chi connectivity index (χ3v) is 5.76. The second kappa shape index (κ2) is 11.2. The van der Waals surface area contributed by atoms with Gasteiger partial charge in [-0.2, -0.15) is 5.26 Å². The Morgan fingerprint density at radius 3 is 2.33 bits per heavy atom. The minimum Gasteiger partial charge on any atom is -0.466 e. The number of nitriles is 1. The molecule has 0 aromatic heterocycles. The molecule has 0 bridgehead atoms. The number of carbonyl (C=O) groups excluding carboxylic acids is 3. The van der Waals surface area contributed by atoms with E-state index in [0.29, 0.717) is 23.4 Å². The van der Waals surface area contributed by atoms with E-state index in [4.69, 9.17) is 15.2 Å². The zero-order valence-electron chi connectivity index (χ0n) is 20.6. The lowest BCUT2D eigenvalue weighted by Gasteiger charge is -2.36. The Labute approximate surface area is 209 Å². The van der Waals surface area contributed by atoms with E-state index < -0.39 is 17.9 Å². The summed E-state index contributed by atoms with van der Waals surface area (Å²) in [5.41, 5.74) is 8.32. The second-order valence-corrected chi connectivity index (χ2v) is 8.15. The van der Waals surface area contributed by atoms with E-state index in [-0.39, 0.29) is 35.0 Å². The van der Waals surface area contributed by atoms with Gasteiger partial charge in [-0.15, -0.1) is 0 Å². The number of esters is 2. The lowest BCUT2D eigenvalue weighted by molar-refractivity contribution is -0.139. The number of hydrogen-bond acceptors (Lipinski definition) is 8. The van der Waals surface area contributed by atoms with Crippen LogP contribution >= 0.6 is 0 Å². The lowest BCUT2D eigenvalue weighted by Crippen LogP contribution is -2.41. The molecule has 36 heavy (non-hydrogen) atoms. The maximum atomic E-state index is 13.2. The number of ether oxygens (including phenoxy) is 2. The first kappa shape index (κ1) is 26.0. The molecule has 2 aromatic carbocycles. The molecule has 9 heteroatoms. The number of nitrogens with two attached hydrogens (primary N) is 1. The van der Waals surface area contributed by atoms with Gasteiger partial charge in [0, 0.05) is 6.42 Å². The van der Waals surface area contributed by atoms with E-state index in [9.17, 15) is 19.6 Å². The average Bonchev–Trinajstić information content (AvgIpc) is 2.88. The summed E-state index contributed by atoms with van der Waals surface area (Å²) in [5.74, 6) is -2.96. The number of carbonyl (C=O) groups is 3. The Morgan fingerprint density at radius 2 is 1.75 bits per heavy atom. The van der Waals surface area contributed by atoms with Gasteiger partial charge in [-0.3, -0.25) is 9.69 Å². The summed E-state index contributed by atoms with van der Waals surface area (Å²) in [5, 5.41) is 13.0. The van der Waals surface area contributed by atoms with Crippen LogP contribution in [0.5, 0.6) is 0 Å². The van der Waals surface area contributed by atoms with Gasteiger partial charge in [-0.1, -0.05) is 43.3 Å². The topological polar surface area (TPSA) is 135 Å². The molecular weight excluding hydrogens is 460 g/mol. The molecule has 0 saturated carbocycles. The van der Waals surface area contributed by atoms with Crippen LogP contribution in [0.25, 0.3) is 0 Å². The molecule has 1 aliphatic heterocycles. The zero-order chi connectivity index (χ0) is 26.4. The Balaban J connectivity index is 2.40. The second-order valence-electron chi connectivity index (χ2n) is 8.15. The number of rotatable bonds is 7. The van der Waals surface area contributed by atoms with Crippen LogP contribution < -0.4 is 16.0 Å². The summed E-state index contributed by atoms with van der Waals surface area (Å²) >= 11 is 0. The van der Waals surface area contributed by atoms with Gasteiger partial charge in [-0.25, -0.2) is 9.59 Å². The number of nitrogens with zero attached hydrogens (tertiary/aromatic N) is 2. The predicted molar refractivity (Wildman–Crippen MR) is 134 cm³/mol. The molecule has 1 atom stereocenters. The van der Waals surface area contributed by atoms with Crippen molar-refractivity contribution >= 4 is 29.2 Å². The number of hydrogen-bond donors (Lipinski definition) is 2. The van der Waals surface area contributed by atoms with Crippen LogP contribution in [-0.4, -0.2) is 32.1 Å². The van der Waals surface area contributed by atoms with Crippen molar-refractivity contribution < 1.29 is 23.9 Å². The van der Waals surface area contributed by atoms with Crippen molar-refractivity contribution in [3.8, 4) is 6.07 Å². The van der Waals surface area contributed by atoms with Gasteiger partial charge in [0.05, 0.1) is 48.7 Å². The van der Waals surface area contributed by atoms with E-state index in [1.807, 2.05) is 13.8 Å². The van der Waals surface area contributed by atoms with Crippen molar-refractivity contribution in [2.45, 2.75) is 32.6 Å². The number of amides is 1. The fraction of sp³-hybridized carbons (Fsp3) is 0.259. The molecule has 9 nitrogen and oxygen atoms in total. The highest BCUT2D eigenvalue weighted by molar-refractivity contribution is 6.07. The maximum absolute atomic E-state index is 13.2. The molecule has 186 valence electrons. The number of allylic oxidation sites excluding steroid dienone is 1. The van der Waals surface area contributed by atoms with E-state index >= 15 is 0 Å².